The molecule has 0 saturated heterocycles. The first-order valence-electron chi connectivity index (χ1n) is 6.28. The Labute approximate surface area is 109 Å². The van der Waals surface area contributed by atoms with Crippen LogP contribution in [-0.2, 0) is 10.0 Å². The van der Waals surface area contributed by atoms with E-state index in [9.17, 15) is 8.42 Å². The molecule has 1 aliphatic carbocycles. The lowest BCUT2D eigenvalue weighted by atomic mass is 10.1. The molecule has 1 aromatic carbocycles. The molecule has 0 aromatic heterocycles. The molecule has 1 aromatic rings. The first-order chi connectivity index (χ1) is 8.44. The van der Waals surface area contributed by atoms with Gasteiger partial charge < -0.3 is 5.32 Å². The molecule has 0 spiro atoms. The van der Waals surface area contributed by atoms with Crippen LogP contribution in [-0.4, -0.2) is 20.7 Å². The predicted molar refractivity (Wildman–Crippen MR) is 75.3 cm³/mol. The van der Waals surface area contributed by atoms with Gasteiger partial charge in [-0.3, -0.25) is 4.72 Å². The van der Waals surface area contributed by atoms with Gasteiger partial charge in [0.1, 0.15) is 0 Å². The fourth-order valence-corrected chi connectivity index (χ4v) is 2.99. The Balaban J connectivity index is 1.99. The third kappa shape index (κ3) is 3.63. The average Bonchev–Trinajstić information content (AvgIpc) is 2.65. The quantitative estimate of drug-likeness (QED) is 0.882. The zero-order chi connectivity index (χ0) is 13.2. The Kier molecular flexibility index (Phi) is 3.80. The number of hydrogen-bond donors (Lipinski definition) is 2. The maximum atomic E-state index is 11.1. The fourth-order valence-electron chi connectivity index (χ4n) is 2.42. The largest absolute Gasteiger partial charge is 0.382 e. The van der Waals surface area contributed by atoms with Crippen molar-refractivity contribution >= 4 is 21.4 Å². The lowest BCUT2D eigenvalue weighted by molar-refractivity contribution is 0.556. The molecule has 0 amide bonds. The molecule has 1 aliphatic rings. The Hall–Kier alpha value is -1.23. The van der Waals surface area contributed by atoms with Crippen molar-refractivity contribution in [2.45, 2.75) is 32.2 Å². The predicted octanol–water partition coefficient (Wildman–Crippen LogP) is 2.66. The fraction of sp³-hybridized carbons (Fsp3) is 0.538. The van der Waals surface area contributed by atoms with Crippen LogP contribution in [0.15, 0.2) is 24.3 Å². The van der Waals surface area contributed by atoms with Crippen molar-refractivity contribution in [2.24, 2.45) is 5.92 Å². The van der Waals surface area contributed by atoms with Crippen molar-refractivity contribution in [1.82, 2.24) is 0 Å². The summed E-state index contributed by atoms with van der Waals surface area (Å²) in [5.74, 6) is 0.707. The second kappa shape index (κ2) is 5.18. The van der Waals surface area contributed by atoms with Gasteiger partial charge in [-0.1, -0.05) is 13.3 Å². The van der Waals surface area contributed by atoms with Crippen molar-refractivity contribution < 1.29 is 8.42 Å². The van der Waals surface area contributed by atoms with Crippen LogP contribution < -0.4 is 10.0 Å². The van der Waals surface area contributed by atoms with E-state index in [0.29, 0.717) is 17.6 Å². The minimum Gasteiger partial charge on any atom is -0.382 e. The maximum absolute atomic E-state index is 11.1. The second-order valence-corrected chi connectivity index (χ2v) is 6.86. The van der Waals surface area contributed by atoms with Crippen molar-refractivity contribution in [3.05, 3.63) is 24.3 Å². The summed E-state index contributed by atoms with van der Waals surface area (Å²) in [4.78, 5) is 0. The first kappa shape index (κ1) is 13.2. The summed E-state index contributed by atoms with van der Waals surface area (Å²) >= 11 is 0. The van der Waals surface area contributed by atoms with Crippen LogP contribution in [0.4, 0.5) is 11.4 Å². The monoisotopic (exact) mass is 268 g/mol. The molecule has 2 rings (SSSR count). The Bertz CT molecular complexity index is 496. The van der Waals surface area contributed by atoms with Crippen LogP contribution in [0, 0.1) is 5.92 Å². The highest BCUT2D eigenvalue weighted by Gasteiger charge is 2.22. The van der Waals surface area contributed by atoms with Crippen molar-refractivity contribution in [2.75, 3.05) is 16.3 Å². The lowest BCUT2D eigenvalue weighted by Gasteiger charge is -2.18. The molecule has 0 radical (unpaired) electrons. The number of benzene rings is 1. The Morgan fingerprint density at radius 2 is 1.72 bits per heavy atom. The van der Waals surface area contributed by atoms with Gasteiger partial charge in [-0.05, 0) is 43.0 Å². The van der Waals surface area contributed by atoms with Gasteiger partial charge in [-0.2, -0.15) is 0 Å². The van der Waals surface area contributed by atoms with E-state index in [0.717, 1.165) is 11.9 Å². The van der Waals surface area contributed by atoms with Crippen LogP contribution in [0.2, 0.25) is 0 Å². The summed E-state index contributed by atoms with van der Waals surface area (Å²) in [7, 11) is -3.19. The molecule has 0 bridgehead atoms. The summed E-state index contributed by atoms with van der Waals surface area (Å²) in [6.07, 6.45) is 4.93. The molecule has 18 heavy (non-hydrogen) atoms. The third-order valence-corrected chi connectivity index (χ3v) is 4.01. The van der Waals surface area contributed by atoms with E-state index in [1.54, 1.807) is 12.1 Å². The summed E-state index contributed by atoms with van der Waals surface area (Å²) in [5, 5.41) is 3.50. The summed E-state index contributed by atoms with van der Waals surface area (Å²) in [5.41, 5.74) is 1.65. The average molecular weight is 268 g/mol. The highest BCUT2D eigenvalue weighted by Crippen LogP contribution is 2.28. The zero-order valence-corrected chi connectivity index (χ0v) is 11.6. The van der Waals surface area contributed by atoms with E-state index >= 15 is 0 Å². The maximum Gasteiger partial charge on any atom is 0.229 e. The van der Waals surface area contributed by atoms with Gasteiger partial charge >= 0.3 is 0 Å². The lowest BCUT2D eigenvalue weighted by Crippen LogP contribution is -2.21. The summed E-state index contributed by atoms with van der Waals surface area (Å²) < 4.78 is 24.6. The Morgan fingerprint density at radius 1 is 1.11 bits per heavy atom. The minimum absolute atomic E-state index is 0.540. The van der Waals surface area contributed by atoms with Gasteiger partial charge in [-0.25, -0.2) is 8.42 Å². The second-order valence-electron chi connectivity index (χ2n) is 5.11. The van der Waals surface area contributed by atoms with Gasteiger partial charge in [0.2, 0.25) is 10.0 Å². The molecule has 2 unspecified atom stereocenters. The van der Waals surface area contributed by atoms with Gasteiger partial charge in [0.25, 0.3) is 0 Å². The number of anilines is 2. The highest BCUT2D eigenvalue weighted by atomic mass is 32.2. The summed E-state index contributed by atoms with van der Waals surface area (Å²) in [6.45, 7) is 2.27. The van der Waals surface area contributed by atoms with Crippen LogP contribution in [0.3, 0.4) is 0 Å². The molecular weight excluding hydrogens is 248 g/mol. The molecule has 5 heteroatoms. The molecule has 2 atom stereocenters. The number of rotatable bonds is 4. The van der Waals surface area contributed by atoms with Crippen LogP contribution in [0.25, 0.3) is 0 Å². The molecule has 100 valence electrons. The van der Waals surface area contributed by atoms with Gasteiger partial charge in [-0.15, -0.1) is 0 Å². The van der Waals surface area contributed by atoms with Crippen LogP contribution in [0.5, 0.6) is 0 Å². The van der Waals surface area contributed by atoms with Crippen LogP contribution >= 0.6 is 0 Å². The van der Waals surface area contributed by atoms with Gasteiger partial charge in [0.15, 0.2) is 0 Å². The summed E-state index contributed by atoms with van der Waals surface area (Å²) in [6, 6.07) is 7.93. The highest BCUT2D eigenvalue weighted by molar-refractivity contribution is 7.92. The molecular formula is C13H20N2O2S. The number of hydrogen-bond acceptors (Lipinski definition) is 3. The SMILES string of the molecule is CC1CCCC1Nc1ccc(NS(C)(=O)=O)cc1. The molecule has 1 fully saturated rings. The van der Waals surface area contributed by atoms with E-state index < -0.39 is 10.0 Å². The number of nitrogens with one attached hydrogen (secondary N) is 2. The molecule has 1 saturated carbocycles. The van der Waals surface area contributed by atoms with E-state index in [1.165, 1.54) is 19.3 Å². The number of sulfonamides is 1. The van der Waals surface area contributed by atoms with E-state index in [4.69, 9.17) is 0 Å². The normalized spacial score (nSPS) is 23.9. The third-order valence-electron chi connectivity index (χ3n) is 3.40. The van der Waals surface area contributed by atoms with Gasteiger partial charge in [0.05, 0.1) is 6.26 Å². The molecule has 2 N–H and O–H groups in total. The van der Waals surface area contributed by atoms with E-state index in [2.05, 4.69) is 17.0 Å². The van der Waals surface area contributed by atoms with E-state index in [-0.39, 0.29) is 0 Å². The van der Waals surface area contributed by atoms with Crippen molar-refractivity contribution in [1.29, 1.82) is 0 Å². The standard InChI is InChI=1S/C13H20N2O2S/c1-10-4-3-5-13(10)14-11-6-8-12(9-7-11)15-18(2,16)17/h6-10,13-15H,3-5H2,1-2H3. The van der Waals surface area contributed by atoms with Gasteiger partial charge in [0, 0.05) is 17.4 Å². The minimum atomic E-state index is -3.19. The molecule has 0 aliphatic heterocycles. The Morgan fingerprint density at radius 3 is 2.22 bits per heavy atom. The first-order valence-corrected chi connectivity index (χ1v) is 8.17. The smallest absolute Gasteiger partial charge is 0.229 e. The van der Waals surface area contributed by atoms with E-state index in [1.807, 2.05) is 12.1 Å². The molecule has 0 heterocycles. The van der Waals surface area contributed by atoms with Crippen LogP contribution in [0.1, 0.15) is 26.2 Å². The topological polar surface area (TPSA) is 58.2 Å². The van der Waals surface area contributed by atoms with Crippen molar-refractivity contribution in [3.8, 4) is 0 Å². The zero-order valence-electron chi connectivity index (χ0n) is 10.8. The molecule has 4 nitrogen and oxygen atoms in total. The van der Waals surface area contributed by atoms with Crippen molar-refractivity contribution in [3.63, 3.8) is 0 Å².